The van der Waals surface area contributed by atoms with Crippen molar-refractivity contribution in [1.29, 1.82) is 0 Å². The highest BCUT2D eigenvalue weighted by Crippen LogP contribution is 2.37. The maximum Gasteiger partial charge on any atom is 0.417 e. The van der Waals surface area contributed by atoms with Crippen molar-refractivity contribution < 1.29 is 18.0 Å². The van der Waals surface area contributed by atoms with E-state index in [0.29, 0.717) is 17.7 Å². The van der Waals surface area contributed by atoms with Crippen LogP contribution in [0.25, 0.3) is 5.70 Å². The Hall–Kier alpha value is -1.82. The monoisotopic (exact) mass is 356 g/mol. The zero-order chi connectivity index (χ0) is 17.3. The molecule has 1 saturated heterocycles. The summed E-state index contributed by atoms with van der Waals surface area (Å²) in [5, 5.41) is -0.338. The molecule has 0 spiro atoms. The number of benzene rings is 1. The average Bonchev–Trinajstić information content (AvgIpc) is 3.17. The Labute approximate surface area is 142 Å². The molecule has 1 aromatic rings. The predicted octanol–water partition coefficient (Wildman–Crippen LogP) is 4.41. The van der Waals surface area contributed by atoms with Gasteiger partial charge in [-0.15, -0.1) is 0 Å². The summed E-state index contributed by atoms with van der Waals surface area (Å²) in [6.07, 6.45) is 1.18. The van der Waals surface area contributed by atoms with Crippen molar-refractivity contribution in [3.63, 3.8) is 0 Å². The highest BCUT2D eigenvalue weighted by molar-refractivity contribution is 6.31. The molecular formula is C17H16ClF3N2O. The van der Waals surface area contributed by atoms with Gasteiger partial charge in [-0.25, -0.2) is 0 Å². The van der Waals surface area contributed by atoms with Gasteiger partial charge < -0.3 is 4.90 Å². The summed E-state index contributed by atoms with van der Waals surface area (Å²) >= 11 is 5.63. The Morgan fingerprint density at radius 3 is 2.67 bits per heavy atom. The van der Waals surface area contributed by atoms with Gasteiger partial charge in [-0.2, -0.15) is 13.2 Å². The summed E-state index contributed by atoms with van der Waals surface area (Å²) in [6.45, 7) is 1.57. The van der Waals surface area contributed by atoms with Gasteiger partial charge in [0, 0.05) is 37.2 Å². The van der Waals surface area contributed by atoms with E-state index >= 15 is 0 Å². The molecular weight excluding hydrogens is 341 g/mol. The number of hydrogen-bond acceptors (Lipinski definition) is 2. The number of likely N-dealkylation sites (tertiary alicyclic amines) is 1. The van der Waals surface area contributed by atoms with E-state index in [4.69, 9.17) is 11.6 Å². The summed E-state index contributed by atoms with van der Waals surface area (Å²) in [7, 11) is 0. The van der Waals surface area contributed by atoms with Crippen molar-refractivity contribution in [1.82, 2.24) is 4.90 Å². The minimum absolute atomic E-state index is 0.0635. The van der Waals surface area contributed by atoms with Crippen LogP contribution >= 0.6 is 11.6 Å². The molecule has 1 aromatic carbocycles. The maximum absolute atomic E-state index is 12.9. The van der Waals surface area contributed by atoms with E-state index in [-0.39, 0.29) is 16.8 Å². The van der Waals surface area contributed by atoms with Crippen molar-refractivity contribution in [2.45, 2.75) is 25.4 Å². The fraction of sp³-hybridized carbons (Fsp3) is 0.412. The van der Waals surface area contributed by atoms with Crippen LogP contribution in [-0.4, -0.2) is 30.1 Å². The number of aliphatic imine (C=N–C) groups is 1. The van der Waals surface area contributed by atoms with Gasteiger partial charge in [0.05, 0.1) is 16.3 Å². The topological polar surface area (TPSA) is 32.7 Å². The molecule has 0 N–H and O–H groups in total. The van der Waals surface area contributed by atoms with Crippen LogP contribution in [0.3, 0.4) is 0 Å². The predicted molar refractivity (Wildman–Crippen MR) is 86.8 cm³/mol. The number of carbonyl (C=O) groups is 1. The summed E-state index contributed by atoms with van der Waals surface area (Å²) in [6, 6.07) is 3.72. The molecule has 0 aromatic heterocycles. The molecule has 0 aliphatic carbocycles. The van der Waals surface area contributed by atoms with E-state index in [0.717, 1.165) is 32.0 Å². The molecule has 0 radical (unpaired) electrons. The standard InChI is InChI=1S/C17H16ClF3N2O/c18-14-4-3-12(9-13(14)17(19,20)21)15-7-11(10-22-15)8-16(24)23-5-1-2-6-23/h3-4,7,9-11H,1-2,5-6,8H2. The molecule has 7 heteroatoms. The highest BCUT2D eigenvalue weighted by atomic mass is 35.5. The molecule has 1 amide bonds. The minimum Gasteiger partial charge on any atom is -0.343 e. The lowest BCUT2D eigenvalue weighted by atomic mass is 10.0. The third kappa shape index (κ3) is 3.64. The van der Waals surface area contributed by atoms with Crippen LogP contribution in [0.15, 0.2) is 29.3 Å². The second-order valence-electron chi connectivity index (χ2n) is 5.98. The molecule has 1 fully saturated rings. The van der Waals surface area contributed by atoms with Gasteiger partial charge in [-0.3, -0.25) is 9.79 Å². The second kappa shape index (κ2) is 6.59. The first-order valence-electron chi connectivity index (χ1n) is 7.75. The van der Waals surface area contributed by atoms with Gasteiger partial charge in [0.25, 0.3) is 0 Å². The lowest BCUT2D eigenvalue weighted by molar-refractivity contribution is -0.137. The molecule has 24 heavy (non-hydrogen) atoms. The number of alkyl halides is 3. The summed E-state index contributed by atoms with van der Waals surface area (Å²) in [4.78, 5) is 18.1. The van der Waals surface area contributed by atoms with Crippen LogP contribution in [-0.2, 0) is 11.0 Å². The Bertz CT molecular complexity index is 706. The fourth-order valence-corrected chi connectivity index (χ4v) is 3.17. The van der Waals surface area contributed by atoms with Crippen LogP contribution in [0.2, 0.25) is 5.02 Å². The van der Waals surface area contributed by atoms with Crippen LogP contribution in [0.1, 0.15) is 30.4 Å². The van der Waals surface area contributed by atoms with Crippen molar-refractivity contribution in [3.05, 3.63) is 40.4 Å². The normalized spacial score (nSPS) is 20.6. The second-order valence-corrected chi connectivity index (χ2v) is 6.39. The molecule has 2 heterocycles. The zero-order valence-electron chi connectivity index (χ0n) is 12.8. The molecule has 1 unspecified atom stereocenters. The Kier molecular flexibility index (Phi) is 4.67. The molecule has 2 aliphatic heterocycles. The maximum atomic E-state index is 12.9. The number of nitrogens with zero attached hydrogens (tertiary/aromatic N) is 2. The SMILES string of the molecule is O=C(CC1C=NC(c2ccc(Cl)c(C(F)(F)F)c2)=C1)N1CCCC1. The van der Waals surface area contributed by atoms with Gasteiger partial charge in [0.2, 0.25) is 5.91 Å². The molecule has 3 rings (SSSR count). The van der Waals surface area contributed by atoms with Gasteiger partial charge in [-0.1, -0.05) is 17.7 Å². The smallest absolute Gasteiger partial charge is 0.343 e. The van der Waals surface area contributed by atoms with E-state index < -0.39 is 11.7 Å². The quantitative estimate of drug-likeness (QED) is 0.789. The summed E-state index contributed by atoms with van der Waals surface area (Å²) in [5.74, 6) is -0.119. The van der Waals surface area contributed by atoms with Crippen molar-refractivity contribution in [2.75, 3.05) is 13.1 Å². The molecule has 0 bridgehead atoms. The van der Waals surface area contributed by atoms with Crippen molar-refractivity contribution in [3.8, 4) is 0 Å². The largest absolute Gasteiger partial charge is 0.417 e. The van der Waals surface area contributed by atoms with Crippen LogP contribution in [0.5, 0.6) is 0 Å². The minimum atomic E-state index is -4.51. The number of carbonyl (C=O) groups excluding carboxylic acids is 1. The number of halogens is 4. The van der Waals surface area contributed by atoms with Crippen LogP contribution < -0.4 is 0 Å². The van der Waals surface area contributed by atoms with E-state index in [9.17, 15) is 18.0 Å². The van der Waals surface area contributed by atoms with E-state index in [1.54, 1.807) is 12.3 Å². The van der Waals surface area contributed by atoms with Crippen molar-refractivity contribution in [2.24, 2.45) is 10.9 Å². The molecule has 128 valence electrons. The molecule has 0 saturated carbocycles. The van der Waals surface area contributed by atoms with Gasteiger partial charge in [0.1, 0.15) is 0 Å². The summed E-state index contributed by atoms with van der Waals surface area (Å²) in [5.41, 5.74) is -0.0927. The number of allylic oxidation sites excluding steroid dienone is 1. The third-order valence-electron chi connectivity index (χ3n) is 4.21. The Morgan fingerprint density at radius 2 is 2.00 bits per heavy atom. The molecule has 3 nitrogen and oxygen atoms in total. The van der Waals surface area contributed by atoms with Gasteiger partial charge in [-0.05, 0) is 31.1 Å². The van der Waals surface area contributed by atoms with E-state index in [2.05, 4.69) is 4.99 Å². The molecule has 2 aliphatic rings. The lowest BCUT2D eigenvalue weighted by Crippen LogP contribution is -2.29. The molecule has 1 atom stereocenters. The average molecular weight is 357 g/mol. The number of amides is 1. The van der Waals surface area contributed by atoms with Gasteiger partial charge in [0.15, 0.2) is 0 Å². The van der Waals surface area contributed by atoms with Crippen LogP contribution in [0, 0.1) is 5.92 Å². The number of rotatable bonds is 3. The first-order chi connectivity index (χ1) is 11.3. The highest BCUT2D eigenvalue weighted by Gasteiger charge is 2.33. The Balaban J connectivity index is 1.74. The summed E-state index contributed by atoms with van der Waals surface area (Å²) < 4.78 is 38.8. The van der Waals surface area contributed by atoms with E-state index in [1.807, 2.05) is 4.90 Å². The zero-order valence-corrected chi connectivity index (χ0v) is 13.6. The van der Waals surface area contributed by atoms with Crippen LogP contribution in [0.4, 0.5) is 13.2 Å². The van der Waals surface area contributed by atoms with E-state index in [1.165, 1.54) is 12.1 Å². The van der Waals surface area contributed by atoms with Crippen molar-refractivity contribution >= 4 is 29.4 Å². The van der Waals surface area contributed by atoms with Gasteiger partial charge >= 0.3 is 6.18 Å². The first kappa shape index (κ1) is 17.0. The third-order valence-corrected chi connectivity index (χ3v) is 4.54. The lowest BCUT2D eigenvalue weighted by Gasteiger charge is -2.16. The first-order valence-corrected chi connectivity index (χ1v) is 8.13. The Morgan fingerprint density at radius 1 is 1.29 bits per heavy atom. The fourth-order valence-electron chi connectivity index (χ4n) is 2.95. The number of hydrogen-bond donors (Lipinski definition) is 0.